The van der Waals surface area contributed by atoms with Crippen LogP contribution in [0.25, 0.3) is 22.3 Å². The van der Waals surface area contributed by atoms with Crippen LogP contribution in [0, 0.1) is 5.41 Å². The molecular weight excluding hydrogens is 882 g/mol. The van der Waals surface area contributed by atoms with Crippen LogP contribution in [0.3, 0.4) is 0 Å². The minimum Gasteiger partial charge on any atom is -0.334 e. The lowest BCUT2D eigenvalue weighted by atomic mass is 9.33. The molecule has 4 aliphatic rings. The van der Waals surface area contributed by atoms with Gasteiger partial charge in [-0.05, 0) is 157 Å². The molecule has 3 heterocycles. The van der Waals surface area contributed by atoms with E-state index in [1.165, 1.54) is 101 Å². The van der Waals surface area contributed by atoms with Gasteiger partial charge in [0.15, 0.2) is 0 Å². The highest BCUT2D eigenvalue weighted by atomic mass is 15.3. The Morgan fingerprint density at radius 3 is 1.48 bits per heavy atom. The molecule has 0 bridgehead atoms. The molecule has 0 saturated heterocycles. The summed E-state index contributed by atoms with van der Waals surface area (Å²) >= 11 is 0. The second-order valence-corrected chi connectivity index (χ2v) is 26.3. The Labute approximate surface area is 437 Å². The number of rotatable bonds is 5. The molecule has 0 aromatic heterocycles. The molecule has 1 saturated carbocycles. The third kappa shape index (κ3) is 7.44. The van der Waals surface area contributed by atoms with Crippen molar-refractivity contribution in [2.24, 2.45) is 5.41 Å². The topological polar surface area (TPSA) is 9.72 Å². The van der Waals surface area contributed by atoms with E-state index in [1.54, 1.807) is 0 Å². The summed E-state index contributed by atoms with van der Waals surface area (Å²) in [5, 5.41) is 0. The molecule has 73 heavy (non-hydrogen) atoms. The van der Waals surface area contributed by atoms with Crippen molar-refractivity contribution in [3.05, 3.63) is 198 Å². The standard InChI is InChI=1S/C69H72BN3/c1-64(2,3)49-27-21-29-53(38-49)72-60-40-51(66(7,8)9)31-34-57(60)70-56-33-30-48(46-24-18-15-19-25-46)37-59(56)71(52-28-20-26-47(36-52)45-22-16-14-17-23-45)61-41-54(42-62(72)63(61)70)73-58-35-32-50(65(4,5)6)39-55(58)68(12)43-67(10,11)44-69(68,73)13/h14-42H,43-44H2,1-13H3. The molecule has 2 unspecified atom stereocenters. The van der Waals surface area contributed by atoms with Gasteiger partial charge in [0.25, 0.3) is 6.71 Å². The Bertz CT molecular complexity index is 3500. The Kier molecular flexibility index (Phi) is 10.4. The molecule has 1 aliphatic carbocycles. The molecule has 4 heteroatoms. The van der Waals surface area contributed by atoms with Crippen molar-refractivity contribution < 1.29 is 0 Å². The summed E-state index contributed by atoms with van der Waals surface area (Å²) in [6, 6.07) is 67.9. The van der Waals surface area contributed by atoms with E-state index in [0.717, 1.165) is 18.5 Å². The number of nitrogens with zero attached hydrogens (tertiary/aromatic N) is 3. The number of hydrogen-bond donors (Lipinski definition) is 0. The van der Waals surface area contributed by atoms with Gasteiger partial charge in [0.1, 0.15) is 0 Å². The highest BCUT2D eigenvalue weighted by Gasteiger charge is 2.64. The van der Waals surface area contributed by atoms with Gasteiger partial charge in [0.05, 0.1) is 5.54 Å². The second kappa shape index (κ2) is 16.1. The highest BCUT2D eigenvalue weighted by molar-refractivity contribution is 7.00. The number of anilines is 8. The molecule has 0 radical (unpaired) electrons. The van der Waals surface area contributed by atoms with Gasteiger partial charge in [0, 0.05) is 50.9 Å². The minimum absolute atomic E-state index is 0.0232. The Hall–Kier alpha value is -6.78. The van der Waals surface area contributed by atoms with Gasteiger partial charge in [-0.15, -0.1) is 0 Å². The molecule has 2 atom stereocenters. The van der Waals surface area contributed by atoms with Crippen LogP contribution in [0.15, 0.2) is 176 Å². The zero-order valence-electron chi connectivity index (χ0n) is 45.6. The van der Waals surface area contributed by atoms with Crippen molar-refractivity contribution >= 4 is 68.6 Å². The van der Waals surface area contributed by atoms with Gasteiger partial charge in [-0.3, -0.25) is 0 Å². The quantitative estimate of drug-likeness (QED) is 0.159. The predicted octanol–water partition coefficient (Wildman–Crippen LogP) is 17.0. The summed E-state index contributed by atoms with van der Waals surface area (Å²) in [7, 11) is 0. The van der Waals surface area contributed by atoms with Crippen LogP contribution in [0.4, 0.5) is 45.5 Å². The molecule has 12 rings (SSSR count). The predicted molar refractivity (Wildman–Crippen MR) is 315 cm³/mol. The van der Waals surface area contributed by atoms with Crippen LogP contribution in [-0.2, 0) is 21.7 Å². The zero-order valence-corrected chi connectivity index (χ0v) is 45.6. The minimum atomic E-state index is -0.205. The lowest BCUT2D eigenvalue weighted by Crippen LogP contribution is -2.61. The van der Waals surface area contributed by atoms with E-state index in [-0.39, 0.29) is 39.3 Å². The van der Waals surface area contributed by atoms with Crippen LogP contribution in [-0.4, -0.2) is 12.3 Å². The van der Waals surface area contributed by atoms with E-state index >= 15 is 0 Å². The molecule has 0 N–H and O–H groups in total. The largest absolute Gasteiger partial charge is 0.334 e. The Morgan fingerprint density at radius 1 is 0.384 bits per heavy atom. The molecule has 8 aromatic rings. The van der Waals surface area contributed by atoms with Crippen molar-refractivity contribution in [1.82, 2.24) is 0 Å². The molecule has 3 aliphatic heterocycles. The third-order valence-electron chi connectivity index (χ3n) is 17.5. The lowest BCUT2D eigenvalue weighted by Gasteiger charge is -2.47. The Morgan fingerprint density at radius 2 is 0.877 bits per heavy atom. The number of fused-ring (bicyclic) bond motifs is 7. The monoisotopic (exact) mass is 954 g/mol. The summed E-state index contributed by atoms with van der Waals surface area (Å²) in [5.74, 6) is 0. The van der Waals surface area contributed by atoms with E-state index in [4.69, 9.17) is 0 Å². The fraction of sp³-hybridized carbons (Fsp3) is 0.304. The molecule has 0 spiro atoms. The first-order valence-corrected chi connectivity index (χ1v) is 26.9. The van der Waals surface area contributed by atoms with Gasteiger partial charge in [-0.1, -0.05) is 204 Å². The summed E-state index contributed by atoms with van der Waals surface area (Å²) in [4.78, 5) is 8.10. The van der Waals surface area contributed by atoms with Crippen LogP contribution < -0.4 is 31.1 Å². The molecule has 1 fully saturated rings. The van der Waals surface area contributed by atoms with Crippen LogP contribution in [0.1, 0.15) is 125 Å². The second-order valence-electron chi connectivity index (χ2n) is 26.3. The SMILES string of the molecule is CC1(C)CC2(C)c3cc(C(C)(C)C)ccc3N(c3cc4c5c(c3)N(c3cccc(C(C)(C)C)c3)c3cc(C(C)(C)C)ccc3B5c3ccc(-c5ccccc5)cc3N4c3cccc(-c4ccccc4)c3)C2(C)C1. The van der Waals surface area contributed by atoms with Crippen molar-refractivity contribution in [3.8, 4) is 22.3 Å². The smallest absolute Gasteiger partial charge is 0.252 e. The maximum atomic E-state index is 2.81. The molecule has 366 valence electrons. The molecular formula is C69H72BN3. The number of benzene rings is 8. The summed E-state index contributed by atoms with van der Waals surface area (Å²) < 4.78 is 0. The van der Waals surface area contributed by atoms with Gasteiger partial charge in [-0.2, -0.15) is 0 Å². The van der Waals surface area contributed by atoms with Gasteiger partial charge in [-0.25, -0.2) is 0 Å². The normalized spacial score (nSPS) is 19.6. The number of hydrogen-bond acceptors (Lipinski definition) is 3. The summed E-state index contributed by atoms with van der Waals surface area (Å²) in [6.07, 6.45) is 2.20. The van der Waals surface area contributed by atoms with Gasteiger partial charge >= 0.3 is 0 Å². The van der Waals surface area contributed by atoms with E-state index in [1.807, 2.05) is 0 Å². The average Bonchev–Trinajstić information content (AvgIpc) is 3.70. The molecule has 0 amide bonds. The van der Waals surface area contributed by atoms with Crippen molar-refractivity contribution in [1.29, 1.82) is 0 Å². The average molecular weight is 954 g/mol. The zero-order chi connectivity index (χ0) is 51.2. The third-order valence-corrected chi connectivity index (χ3v) is 17.5. The maximum Gasteiger partial charge on any atom is 0.252 e. The van der Waals surface area contributed by atoms with Crippen molar-refractivity contribution in [2.45, 2.75) is 130 Å². The fourth-order valence-corrected chi connectivity index (χ4v) is 13.9. The maximum absolute atomic E-state index is 2.81. The van der Waals surface area contributed by atoms with Gasteiger partial charge in [0.2, 0.25) is 0 Å². The van der Waals surface area contributed by atoms with Gasteiger partial charge < -0.3 is 14.7 Å². The van der Waals surface area contributed by atoms with Crippen LogP contribution >= 0.6 is 0 Å². The Balaban J connectivity index is 1.22. The summed E-state index contributed by atoms with van der Waals surface area (Å²) in [5.41, 5.74) is 24.0. The fourth-order valence-electron chi connectivity index (χ4n) is 13.9. The highest BCUT2D eigenvalue weighted by Crippen LogP contribution is 2.67. The first-order valence-electron chi connectivity index (χ1n) is 26.9. The first kappa shape index (κ1) is 47.2. The lowest BCUT2D eigenvalue weighted by molar-refractivity contribution is 0.330. The van der Waals surface area contributed by atoms with Crippen LogP contribution in [0.5, 0.6) is 0 Å². The molecule has 8 aromatic carbocycles. The van der Waals surface area contributed by atoms with E-state index < -0.39 is 0 Å². The van der Waals surface area contributed by atoms with E-state index in [2.05, 4.69) is 281 Å². The van der Waals surface area contributed by atoms with Crippen molar-refractivity contribution in [3.63, 3.8) is 0 Å². The van der Waals surface area contributed by atoms with Crippen LogP contribution in [0.2, 0.25) is 0 Å². The van der Waals surface area contributed by atoms with E-state index in [9.17, 15) is 0 Å². The van der Waals surface area contributed by atoms with E-state index in [0.29, 0.717) is 0 Å². The first-order chi connectivity index (χ1) is 34.5. The van der Waals surface area contributed by atoms with Crippen molar-refractivity contribution in [2.75, 3.05) is 14.7 Å². The summed E-state index contributed by atoms with van der Waals surface area (Å²) in [6.45, 7) is 31.3. The molecule has 3 nitrogen and oxygen atoms in total.